The van der Waals surface area contributed by atoms with Crippen molar-refractivity contribution in [1.29, 1.82) is 0 Å². The van der Waals surface area contributed by atoms with Crippen molar-refractivity contribution in [1.82, 2.24) is 0 Å². The number of rotatable bonds is 1. The Bertz CT molecular complexity index is 2820. The van der Waals surface area contributed by atoms with Crippen molar-refractivity contribution in [3.05, 3.63) is 117 Å². The van der Waals surface area contributed by atoms with Gasteiger partial charge in [0.15, 0.2) is 0 Å². The fourth-order valence-corrected chi connectivity index (χ4v) is 13.8. The first-order valence-corrected chi connectivity index (χ1v) is 24.2. The van der Waals surface area contributed by atoms with E-state index in [0.29, 0.717) is 0 Å². The van der Waals surface area contributed by atoms with Gasteiger partial charge >= 0.3 is 6.85 Å². The molecule has 5 aromatic carbocycles. The fraction of sp³-hybridized carbons (Fsp3) is 0.492. The number of aryl methyl sites for hydroxylation is 2. The van der Waals surface area contributed by atoms with Crippen LogP contribution in [0.1, 0.15) is 186 Å². The summed E-state index contributed by atoms with van der Waals surface area (Å²) >= 11 is 0. The summed E-state index contributed by atoms with van der Waals surface area (Å²) in [6, 6.07) is 28.5. The SMILES string of the molecule is Cc1cc2c3c(c1)N1c4c(cc(C(C)(C)C)cc4C4(C)CCCCC14C)B3N(c1ccc(C(C)(C)C)cc1C)c1cc3c(cc1-2)C(C)(C)c1cc2c(cc1-3)C(C)(C)CCC2(C)C. The van der Waals surface area contributed by atoms with Crippen LogP contribution in [0.2, 0.25) is 0 Å². The van der Waals surface area contributed by atoms with Gasteiger partial charge in [-0.25, -0.2) is 0 Å². The average Bonchev–Trinajstić information content (AvgIpc) is 3.53. The highest BCUT2D eigenvalue weighted by Gasteiger charge is 2.62. The summed E-state index contributed by atoms with van der Waals surface area (Å²) < 4.78 is 0. The molecular formula is C59H71BN2. The van der Waals surface area contributed by atoms with E-state index < -0.39 is 0 Å². The topological polar surface area (TPSA) is 6.48 Å². The minimum atomic E-state index is -0.127. The Hall–Kier alpha value is -4.24. The van der Waals surface area contributed by atoms with Gasteiger partial charge in [0.1, 0.15) is 0 Å². The van der Waals surface area contributed by atoms with E-state index in [9.17, 15) is 0 Å². The average molecular weight is 819 g/mol. The smallest absolute Gasteiger partial charge is 0.333 e. The van der Waals surface area contributed by atoms with E-state index >= 15 is 0 Å². The maximum absolute atomic E-state index is 2.91. The highest BCUT2D eigenvalue weighted by molar-refractivity contribution is 6.93. The summed E-state index contributed by atoms with van der Waals surface area (Å²) in [6.07, 6.45) is 7.46. The number of fused-ring (bicyclic) bond motifs is 11. The van der Waals surface area contributed by atoms with Gasteiger partial charge in [-0.05, 0) is 176 Å². The highest BCUT2D eigenvalue weighted by atomic mass is 15.3. The van der Waals surface area contributed by atoms with Crippen molar-refractivity contribution in [2.75, 3.05) is 9.71 Å². The molecule has 0 spiro atoms. The highest BCUT2D eigenvalue weighted by Crippen LogP contribution is 2.64. The maximum atomic E-state index is 2.91. The Morgan fingerprint density at radius 3 is 1.79 bits per heavy atom. The lowest BCUT2D eigenvalue weighted by atomic mass is 9.43. The molecule has 320 valence electrons. The lowest BCUT2D eigenvalue weighted by Crippen LogP contribution is -2.65. The van der Waals surface area contributed by atoms with E-state index in [2.05, 4.69) is 187 Å². The zero-order valence-corrected chi connectivity index (χ0v) is 41.1. The predicted octanol–water partition coefficient (Wildman–Crippen LogP) is 14.5. The van der Waals surface area contributed by atoms with Crippen molar-refractivity contribution >= 4 is 40.5 Å². The Kier molecular flexibility index (Phi) is 7.91. The monoisotopic (exact) mass is 819 g/mol. The third-order valence-corrected chi connectivity index (χ3v) is 18.1. The summed E-state index contributed by atoms with van der Waals surface area (Å²) in [5.74, 6) is 0. The normalized spacial score (nSPS) is 24.2. The number of hydrogen-bond acceptors (Lipinski definition) is 2. The van der Waals surface area contributed by atoms with Crippen LogP contribution >= 0.6 is 0 Å². The summed E-state index contributed by atoms with van der Waals surface area (Å²) in [6.45, 7) is 39.3. The Morgan fingerprint density at radius 1 is 0.516 bits per heavy atom. The minimum absolute atomic E-state index is 0.00996. The first kappa shape index (κ1) is 40.5. The largest absolute Gasteiger partial charge is 0.376 e. The Balaban J connectivity index is 1.27. The van der Waals surface area contributed by atoms with Crippen molar-refractivity contribution in [3.63, 3.8) is 0 Å². The zero-order valence-electron chi connectivity index (χ0n) is 41.1. The third-order valence-electron chi connectivity index (χ3n) is 18.1. The van der Waals surface area contributed by atoms with E-state index in [1.54, 1.807) is 16.7 Å². The molecule has 3 heterocycles. The molecule has 0 N–H and O–H groups in total. The van der Waals surface area contributed by atoms with Crippen LogP contribution in [0.15, 0.2) is 66.7 Å². The maximum Gasteiger partial charge on any atom is 0.333 e. The van der Waals surface area contributed by atoms with Gasteiger partial charge in [-0.15, -0.1) is 0 Å². The predicted molar refractivity (Wildman–Crippen MR) is 268 cm³/mol. The van der Waals surface area contributed by atoms with E-state index in [0.717, 1.165) is 0 Å². The van der Waals surface area contributed by atoms with E-state index in [4.69, 9.17) is 0 Å². The van der Waals surface area contributed by atoms with Gasteiger partial charge < -0.3 is 9.71 Å². The minimum Gasteiger partial charge on any atom is -0.376 e. The molecule has 0 amide bonds. The quantitative estimate of drug-likeness (QED) is 0.156. The summed E-state index contributed by atoms with van der Waals surface area (Å²) in [4.78, 5) is 5.74. The van der Waals surface area contributed by atoms with Gasteiger partial charge in [0.2, 0.25) is 0 Å². The van der Waals surface area contributed by atoms with Crippen LogP contribution in [-0.2, 0) is 32.5 Å². The molecule has 5 aromatic rings. The molecule has 0 saturated heterocycles. The lowest BCUT2D eigenvalue weighted by Gasteiger charge is -2.53. The van der Waals surface area contributed by atoms with Crippen molar-refractivity contribution < 1.29 is 0 Å². The van der Waals surface area contributed by atoms with Crippen molar-refractivity contribution in [2.24, 2.45) is 0 Å². The molecule has 2 unspecified atom stereocenters. The van der Waals surface area contributed by atoms with Crippen LogP contribution < -0.4 is 20.6 Å². The number of hydrogen-bond donors (Lipinski definition) is 0. The fourth-order valence-electron chi connectivity index (χ4n) is 13.8. The summed E-state index contributed by atoms with van der Waals surface area (Å²) in [5, 5.41) is 0. The molecule has 3 heteroatoms. The summed E-state index contributed by atoms with van der Waals surface area (Å²) in [7, 11) is 0. The van der Waals surface area contributed by atoms with Crippen LogP contribution in [0.5, 0.6) is 0 Å². The molecular weight excluding hydrogens is 747 g/mol. The van der Waals surface area contributed by atoms with Gasteiger partial charge in [0.05, 0.1) is 5.54 Å². The molecule has 3 aliphatic carbocycles. The molecule has 1 saturated carbocycles. The number of nitrogens with zero attached hydrogens (tertiary/aromatic N) is 2. The van der Waals surface area contributed by atoms with Crippen LogP contribution in [0, 0.1) is 13.8 Å². The van der Waals surface area contributed by atoms with Crippen molar-refractivity contribution in [3.8, 4) is 22.3 Å². The lowest BCUT2D eigenvalue weighted by molar-refractivity contribution is 0.195. The molecule has 6 aliphatic rings. The Labute approximate surface area is 375 Å². The second kappa shape index (κ2) is 12.1. The van der Waals surface area contributed by atoms with E-state index in [-0.39, 0.29) is 44.9 Å². The molecule has 0 aromatic heterocycles. The molecule has 1 fully saturated rings. The van der Waals surface area contributed by atoms with Crippen LogP contribution in [0.3, 0.4) is 0 Å². The molecule has 2 nitrogen and oxygen atoms in total. The van der Waals surface area contributed by atoms with Gasteiger partial charge in [-0.2, -0.15) is 0 Å². The third kappa shape index (κ3) is 5.06. The molecule has 0 bridgehead atoms. The molecule has 2 atom stereocenters. The standard InChI is InChI=1S/C59H71BN2/c1-34-25-41-40-31-42-39(38-30-44-45(33-43(38)57(42,13)14)56(11,12)24-23-55(44,9)10)32-49(40)62(48-20-19-36(27-35(48)2)53(3,4)5)60-47-29-37(54(6,7)8)28-46-52(47)61(50(26-34)51(41)60)59(16)22-18-17-21-58(46,59)15/h19-20,25-33H,17-18,21-24H2,1-16H3. The van der Waals surface area contributed by atoms with Crippen LogP contribution in [-0.4, -0.2) is 12.4 Å². The van der Waals surface area contributed by atoms with Crippen LogP contribution in [0.25, 0.3) is 22.3 Å². The van der Waals surface area contributed by atoms with Gasteiger partial charge in [0.25, 0.3) is 0 Å². The number of benzene rings is 5. The van der Waals surface area contributed by atoms with Gasteiger partial charge in [-0.3, -0.25) is 0 Å². The zero-order chi connectivity index (χ0) is 44.2. The molecule has 62 heavy (non-hydrogen) atoms. The molecule has 11 rings (SSSR count). The van der Waals surface area contributed by atoms with Crippen molar-refractivity contribution in [2.45, 2.75) is 187 Å². The van der Waals surface area contributed by atoms with E-state index in [1.807, 2.05) is 0 Å². The number of anilines is 4. The summed E-state index contributed by atoms with van der Waals surface area (Å²) in [5.41, 5.74) is 27.8. The van der Waals surface area contributed by atoms with Crippen LogP contribution in [0.4, 0.5) is 22.7 Å². The first-order chi connectivity index (χ1) is 28.8. The van der Waals surface area contributed by atoms with E-state index in [1.165, 1.54) is 128 Å². The van der Waals surface area contributed by atoms with Gasteiger partial charge in [-0.1, -0.05) is 139 Å². The second-order valence-electron chi connectivity index (χ2n) is 25.4. The molecule has 0 radical (unpaired) electrons. The Morgan fingerprint density at radius 2 is 1.13 bits per heavy atom. The molecule has 3 aliphatic heterocycles. The van der Waals surface area contributed by atoms with Gasteiger partial charge in [0, 0.05) is 39.1 Å². The first-order valence-electron chi connectivity index (χ1n) is 24.2. The second-order valence-corrected chi connectivity index (χ2v) is 25.4.